The van der Waals surface area contributed by atoms with Gasteiger partial charge >= 0.3 is 5.97 Å². The molecule has 3 heteroatoms. The lowest BCUT2D eigenvalue weighted by atomic mass is 9.57. The van der Waals surface area contributed by atoms with E-state index in [1.165, 1.54) is 29.4 Å². The predicted octanol–water partition coefficient (Wildman–Crippen LogP) is 2.39. The Morgan fingerprint density at radius 1 is 0.905 bits per heavy atom. The Bertz CT molecular complexity index is 677. The Labute approximate surface area is 123 Å². The van der Waals surface area contributed by atoms with Crippen LogP contribution >= 0.6 is 0 Å². The third-order valence-corrected chi connectivity index (χ3v) is 4.96. The molecule has 0 fully saturated rings. The predicted molar refractivity (Wildman–Crippen MR) is 80.1 cm³/mol. The molecular formula is C18H17NO2. The van der Waals surface area contributed by atoms with Crippen molar-refractivity contribution in [3.8, 4) is 0 Å². The summed E-state index contributed by atoms with van der Waals surface area (Å²) >= 11 is 0. The standard InChI is InChI=1S/C18H17NO2/c1-21-18(20)16-14-10-6-2-4-8-12(10)15(17(16)19)13-9-5-3-7-11(13)14/h2-9,14-17H,19H2,1H3. The van der Waals surface area contributed by atoms with Crippen LogP contribution in [0.4, 0.5) is 0 Å². The highest BCUT2D eigenvalue weighted by Crippen LogP contribution is 2.54. The molecule has 3 aliphatic carbocycles. The van der Waals surface area contributed by atoms with Gasteiger partial charge in [0.05, 0.1) is 13.0 Å². The summed E-state index contributed by atoms with van der Waals surface area (Å²) in [7, 11) is 1.44. The Balaban J connectivity index is 2.00. The van der Waals surface area contributed by atoms with Gasteiger partial charge in [-0.25, -0.2) is 0 Å². The molecule has 2 atom stereocenters. The molecule has 0 amide bonds. The molecular weight excluding hydrogens is 262 g/mol. The number of fused-ring (bicyclic) bond motifs is 1. The molecule has 0 aromatic heterocycles. The van der Waals surface area contributed by atoms with Crippen molar-refractivity contribution >= 4 is 5.97 Å². The first-order valence-electron chi connectivity index (χ1n) is 7.25. The van der Waals surface area contributed by atoms with Crippen LogP contribution in [0, 0.1) is 5.92 Å². The molecule has 3 nitrogen and oxygen atoms in total. The number of benzene rings is 2. The minimum absolute atomic E-state index is 0.00449. The molecule has 2 N–H and O–H groups in total. The summed E-state index contributed by atoms with van der Waals surface area (Å²) < 4.78 is 5.02. The van der Waals surface area contributed by atoms with Crippen molar-refractivity contribution in [2.45, 2.75) is 17.9 Å². The van der Waals surface area contributed by atoms with Crippen LogP contribution in [-0.2, 0) is 9.53 Å². The smallest absolute Gasteiger partial charge is 0.311 e. The zero-order valence-electron chi connectivity index (χ0n) is 11.8. The van der Waals surface area contributed by atoms with Crippen molar-refractivity contribution < 1.29 is 9.53 Å². The first kappa shape index (κ1) is 12.6. The van der Waals surface area contributed by atoms with Crippen molar-refractivity contribution in [1.29, 1.82) is 0 Å². The molecule has 2 unspecified atom stereocenters. The van der Waals surface area contributed by atoms with Gasteiger partial charge in [-0.3, -0.25) is 4.79 Å². The molecule has 21 heavy (non-hydrogen) atoms. The number of ether oxygens (including phenoxy) is 1. The van der Waals surface area contributed by atoms with Crippen LogP contribution < -0.4 is 5.73 Å². The molecule has 5 rings (SSSR count). The second kappa shape index (κ2) is 4.43. The fourth-order valence-corrected chi connectivity index (χ4v) is 4.15. The maximum Gasteiger partial charge on any atom is 0.311 e. The molecule has 2 aromatic carbocycles. The third kappa shape index (κ3) is 1.55. The first-order valence-corrected chi connectivity index (χ1v) is 7.25. The van der Waals surface area contributed by atoms with Crippen LogP contribution in [0.25, 0.3) is 0 Å². The number of methoxy groups -OCH3 is 1. The van der Waals surface area contributed by atoms with Crippen LogP contribution in [-0.4, -0.2) is 19.1 Å². The third-order valence-electron chi connectivity index (χ3n) is 4.96. The van der Waals surface area contributed by atoms with E-state index in [0.29, 0.717) is 0 Å². The number of rotatable bonds is 1. The van der Waals surface area contributed by atoms with Crippen LogP contribution in [0.15, 0.2) is 48.5 Å². The normalized spacial score (nSPS) is 28.7. The Morgan fingerprint density at radius 2 is 1.33 bits per heavy atom. The Morgan fingerprint density at radius 3 is 1.76 bits per heavy atom. The summed E-state index contributed by atoms with van der Waals surface area (Å²) in [5.41, 5.74) is 11.4. The highest BCUT2D eigenvalue weighted by molar-refractivity contribution is 5.79. The molecule has 2 bridgehead atoms. The van der Waals surface area contributed by atoms with E-state index in [1.54, 1.807) is 0 Å². The fraction of sp³-hybridized carbons (Fsp3) is 0.278. The van der Waals surface area contributed by atoms with Gasteiger partial charge in [-0.15, -0.1) is 0 Å². The van der Waals surface area contributed by atoms with Crippen LogP contribution in [0.3, 0.4) is 0 Å². The maximum absolute atomic E-state index is 12.3. The van der Waals surface area contributed by atoms with E-state index in [9.17, 15) is 4.79 Å². The van der Waals surface area contributed by atoms with Gasteiger partial charge < -0.3 is 10.5 Å². The van der Waals surface area contributed by atoms with E-state index in [0.717, 1.165) is 0 Å². The van der Waals surface area contributed by atoms with Gasteiger partial charge in [0.15, 0.2) is 0 Å². The Hall–Kier alpha value is -2.13. The summed E-state index contributed by atoms with van der Waals surface area (Å²) in [6.07, 6.45) is 0. The summed E-state index contributed by atoms with van der Waals surface area (Å²) in [5, 5.41) is 0. The van der Waals surface area contributed by atoms with Gasteiger partial charge in [-0.1, -0.05) is 48.5 Å². The van der Waals surface area contributed by atoms with Crippen LogP contribution in [0.2, 0.25) is 0 Å². The molecule has 0 radical (unpaired) electrons. The van der Waals surface area contributed by atoms with Crippen molar-refractivity contribution in [3.63, 3.8) is 0 Å². The Kier molecular flexibility index (Phi) is 2.66. The quantitative estimate of drug-likeness (QED) is 0.815. The minimum Gasteiger partial charge on any atom is -0.469 e. The van der Waals surface area contributed by atoms with Gasteiger partial charge in [-0.05, 0) is 22.3 Å². The second-order valence-electron chi connectivity index (χ2n) is 5.84. The highest BCUT2D eigenvalue weighted by Gasteiger charge is 2.51. The van der Waals surface area contributed by atoms with E-state index >= 15 is 0 Å². The number of nitrogens with two attached hydrogens (primary N) is 1. The molecule has 0 saturated carbocycles. The summed E-state index contributed by atoms with van der Waals surface area (Å²) in [5.74, 6) is -0.428. The zero-order chi connectivity index (χ0) is 14.6. The average molecular weight is 279 g/mol. The van der Waals surface area contributed by atoms with Gasteiger partial charge in [0, 0.05) is 17.9 Å². The molecule has 0 aliphatic heterocycles. The lowest BCUT2D eigenvalue weighted by molar-refractivity contribution is -0.147. The lowest BCUT2D eigenvalue weighted by Crippen LogP contribution is -2.51. The topological polar surface area (TPSA) is 52.3 Å². The number of hydrogen-bond donors (Lipinski definition) is 1. The summed E-state index contributed by atoms with van der Waals surface area (Å²) in [6, 6.07) is 16.4. The van der Waals surface area contributed by atoms with Gasteiger partial charge in [0.2, 0.25) is 0 Å². The molecule has 0 heterocycles. The highest BCUT2D eigenvalue weighted by atomic mass is 16.5. The second-order valence-corrected chi connectivity index (χ2v) is 5.84. The van der Waals surface area contributed by atoms with Gasteiger partial charge in [-0.2, -0.15) is 0 Å². The first-order chi connectivity index (χ1) is 10.2. The number of carbonyl (C=O) groups is 1. The SMILES string of the molecule is COC(=O)C1C2c3ccccc3C(c3ccccc32)C1N. The van der Waals surface area contributed by atoms with E-state index in [4.69, 9.17) is 10.5 Å². The van der Waals surface area contributed by atoms with E-state index < -0.39 is 0 Å². The van der Waals surface area contributed by atoms with Crippen molar-refractivity contribution in [3.05, 3.63) is 70.8 Å². The summed E-state index contributed by atoms with van der Waals surface area (Å²) in [6.45, 7) is 0. The minimum atomic E-state index is -0.301. The van der Waals surface area contributed by atoms with Crippen LogP contribution in [0.5, 0.6) is 0 Å². The monoisotopic (exact) mass is 279 g/mol. The largest absolute Gasteiger partial charge is 0.469 e. The van der Waals surface area contributed by atoms with E-state index in [1.807, 2.05) is 24.3 Å². The van der Waals surface area contributed by atoms with Gasteiger partial charge in [0.1, 0.15) is 0 Å². The number of esters is 1. The van der Waals surface area contributed by atoms with E-state index in [2.05, 4.69) is 24.3 Å². The molecule has 2 aromatic rings. The van der Waals surface area contributed by atoms with Crippen molar-refractivity contribution in [2.24, 2.45) is 11.7 Å². The van der Waals surface area contributed by atoms with Crippen molar-refractivity contribution in [1.82, 2.24) is 0 Å². The van der Waals surface area contributed by atoms with Crippen molar-refractivity contribution in [2.75, 3.05) is 7.11 Å². The summed E-state index contributed by atoms with van der Waals surface area (Å²) in [4.78, 5) is 12.3. The van der Waals surface area contributed by atoms with Gasteiger partial charge in [0.25, 0.3) is 0 Å². The fourth-order valence-electron chi connectivity index (χ4n) is 4.15. The number of carbonyl (C=O) groups excluding carboxylic acids is 1. The van der Waals surface area contributed by atoms with E-state index in [-0.39, 0.29) is 29.8 Å². The average Bonchev–Trinajstić information content (AvgIpc) is 2.54. The molecule has 106 valence electrons. The molecule has 3 aliphatic rings. The van der Waals surface area contributed by atoms with Crippen LogP contribution in [0.1, 0.15) is 34.1 Å². The lowest BCUT2D eigenvalue weighted by Gasteiger charge is -2.48. The zero-order valence-corrected chi connectivity index (χ0v) is 11.8. The molecule has 0 saturated heterocycles. The maximum atomic E-state index is 12.3. The molecule has 0 spiro atoms. The number of hydrogen-bond acceptors (Lipinski definition) is 3.